The summed E-state index contributed by atoms with van der Waals surface area (Å²) in [5.41, 5.74) is 4.81. The van der Waals surface area contributed by atoms with Crippen molar-refractivity contribution in [1.29, 1.82) is 0 Å². The number of methoxy groups -OCH3 is 2. The average molecular weight is 485 g/mol. The molecular weight excluding hydrogens is 456 g/mol. The van der Waals surface area contributed by atoms with Gasteiger partial charge in [0, 0.05) is 29.4 Å². The van der Waals surface area contributed by atoms with Crippen LogP contribution in [0, 0.1) is 13.8 Å². The molecule has 0 spiro atoms. The van der Waals surface area contributed by atoms with Crippen LogP contribution in [0.4, 0.5) is 0 Å². The van der Waals surface area contributed by atoms with Gasteiger partial charge in [-0.3, -0.25) is 4.79 Å². The van der Waals surface area contributed by atoms with Gasteiger partial charge in [0.15, 0.2) is 0 Å². The third kappa shape index (κ3) is 4.26. The fourth-order valence-corrected chi connectivity index (χ4v) is 4.97. The summed E-state index contributed by atoms with van der Waals surface area (Å²) in [4.78, 5) is 27.7. The van der Waals surface area contributed by atoms with E-state index in [9.17, 15) is 9.59 Å². The van der Waals surface area contributed by atoms with E-state index in [1.54, 1.807) is 25.0 Å². The molecule has 7 nitrogen and oxygen atoms in total. The Hall–Kier alpha value is -3.03. The van der Waals surface area contributed by atoms with Gasteiger partial charge in [-0.05, 0) is 69.5 Å². The lowest BCUT2D eigenvalue weighted by atomic mass is 10.0. The van der Waals surface area contributed by atoms with Crippen LogP contribution in [0.25, 0.3) is 11.8 Å². The van der Waals surface area contributed by atoms with Gasteiger partial charge >= 0.3 is 5.97 Å². The minimum Gasteiger partial charge on any atom is -0.495 e. The Morgan fingerprint density at radius 2 is 2.00 bits per heavy atom. The van der Waals surface area contributed by atoms with E-state index < -0.39 is 5.97 Å². The van der Waals surface area contributed by atoms with Crippen molar-refractivity contribution in [3.8, 4) is 11.4 Å². The van der Waals surface area contributed by atoms with Crippen LogP contribution < -0.4 is 4.74 Å². The van der Waals surface area contributed by atoms with E-state index in [0.717, 1.165) is 35.5 Å². The molecular formula is C26H29ClN2O5. The maximum atomic E-state index is 13.4. The number of aromatic nitrogens is 1. The van der Waals surface area contributed by atoms with Crippen molar-refractivity contribution in [2.24, 2.45) is 0 Å². The maximum absolute atomic E-state index is 13.4. The molecule has 1 aromatic heterocycles. The molecule has 2 aliphatic rings. The Labute approximate surface area is 204 Å². The van der Waals surface area contributed by atoms with Crippen molar-refractivity contribution in [3.05, 3.63) is 63.1 Å². The van der Waals surface area contributed by atoms with Gasteiger partial charge in [0.25, 0.3) is 5.91 Å². The summed E-state index contributed by atoms with van der Waals surface area (Å²) in [7, 11) is 2.90. The predicted molar refractivity (Wildman–Crippen MR) is 130 cm³/mol. The molecule has 34 heavy (non-hydrogen) atoms. The molecule has 0 N–H and O–H groups in total. The number of ether oxygens (including phenoxy) is 3. The number of carbonyl (C=O) groups excluding carboxylic acids is 2. The molecule has 8 heteroatoms. The molecule has 0 aliphatic carbocycles. The fraction of sp³-hybridized carbons (Fsp3) is 0.385. The molecule has 1 unspecified atom stereocenters. The van der Waals surface area contributed by atoms with Crippen molar-refractivity contribution < 1.29 is 23.8 Å². The SMILES string of the molecule is COC(=O)C1=C(C)N(CC2CCCO2)C(=O)/C1=C/c1cc(C)n(-c2ccc(OC)c(Cl)c2)c1C. The molecule has 0 bridgehead atoms. The van der Waals surface area contributed by atoms with Gasteiger partial charge in [0.2, 0.25) is 0 Å². The number of hydrogen-bond acceptors (Lipinski definition) is 5. The highest BCUT2D eigenvalue weighted by atomic mass is 35.5. The highest BCUT2D eigenvalue weighted by Gasteiger charge is 2.38. The number of hydrogen-bond donors (Lipinski definition) is 0. The minimum atomic E-state index is -0.525. The van der Waals surface area contributed by atoms with Gasteiger partial charge in [-0.2, -0.15) is 0 Å². The van der Waals surface area contributed by atoms with Gasteiger partial charge in [-0.25, -0.2) is 4.79 Å². The second kappa shape index (κ2) is 9.68. The third-order valence-electron chi connectivity index (χ3n) is 6.47. The Bertz CT molecular complexity index is 1200. The molecule has 0 radical (unpaired) electrons. The van der Waals surface area contributed by atoms with E-state index in [1.807, 2.05) is 38.1 Å². The molecule has 2 aromatic rings. The van der Waals surface area contributed by atoms with Crippen molar-refractivity contribution in [3.63, 3.8) is 0 Å². The number of benzene rings is 1. The molecule has 1 aromatic carbocycles. The molecule has 180 valence electrons. The van der Waals surface area contributed by atoms with Crippen LogP contribution in [0.5, 0.6) is 5.75 Å². The van der Waals surface area contributed by atoms with Gasteiger partial charge in [0.05, 0.1) is 43.0 Å². The summed E-state index contributed by atoms with van der Waals surface area (Å²) < 4.78 is 18.1. The van der Waals surface area contributed by atoms with E-state index >= 15 is 0 Å². The van der Waals surface area contributed by atoms with Gasteiger partial charge < -0.3 is 23.7 Å². The fourth-order valence-electron chi connectivity index (χ4n) is 4.72. The number of amides is 1. The van der Waals surface area contributed by atoms with Crippen LogP contribution in [-0.2, 0) is 19.1 Å². The summed E-state index contributed by atoms with van der Waals surface area (Å²) in [6, 6.07) is 7.57. The normalized spacial score (nSPS) is 19.5. The molecule has 1 saturated heterocycles. The number of esters is 1. The first-order chi connectivity index (χ1) is 16.3. The molecule has 1 fully saturated rings. The number of nitrogens with zero attached hydrogens (tertiary/aromatic N) is 2. The predicted octanol–water partition coefficient (Wildman–Crippen LogP) is 4.61. The van der Waals surface area contributed by atoms with Crippen molar-refractivity contribution >= 4 is 29.6 Å². The Balaban J connectivity index is 1.75. The zero-order chi connectivity index (χ0) is 24.6. The summed E-state index contributed by atoms with van der Waals surface area (Å²) in [6.07, 6.45) is 3.62. The molecule has 1 amide bonds. The summed E-state index contributed by atoms with van der Waals surface area (Å²) in [5.74, 6) is -0.144. The van der Waals surface area contributed by atoms with E-state index in [1.165, 1.54) is 7.11 Å². The van der Waals surface area contributed by atoms with Gasteiger partial charge in [-0.15, -0.1) is 0 Å². The highest BCUT2D eigenvalue weighted by molar-refractivity contribution is 6.32. The summed E-state index contributed by atoms with van der Waals surface area (Å²) in [6.45, 7) is 6.85. The third-order valence-corrected chi connectivity index (χ3v) is 6.77. The average Bonchev–Trinajstić information content (AvgIpc) is 3.48. The smallest absolute Gasteiger partial charge is 0.340 e. The number of allylic oxidation sites excluding steroid dienone is 1. The minimum absolute atomic E-state index is 0.0259. The van der Waals surface area contributed by atoms with Crippen LogP contribution in [0.1, 0.15) is 36.7 Å². The lowest BCUT2D eigenvalue weighted by Crippen LogP contribution is -2.33. The van der Waals surface area contributed by atoms with Gasteiger partial charge in [0.1, 0.15) is 5.75 Å². The lowest BCUT2D eigenvalue weighted by molar-refractivity contribution is -0.136. The van der Waals surface area contributed by atoms with Crippen LogP contribution in [-0.4, -0.2) is 54.8 Å². The first-order valence-corrected chi connectivity index (χ1v) is 11.6. The van der Waals surface area contributed by atoms with E-state index in [-0.39, 0.29) is 12.0 Å². The molecule has 1 atom stereocenters. The quantitative estimate of drug-likeness (QED) is 0.442. The molecule has 0 saturated carbocycles. The Morgan fingerprint density at radius 1 is 1.24 bits per heavy atom. The first kappa shape index (κ1) is 24.1. The molecule has 2 aliphatic heterocycles. The number of rotatable bonds is 6. The summed E-state index contributed by atoms with van der Waals surface area (Å²) in [5, 5.41) is 0.509. The van der Waals surface area contributed by atoms with Crippen LogP contribution in [0.2, 0.25) is 5.02 Å². The zero-order valence-electron chi connectivity index (χ0n) is 20.1. The monoisotopic (exact) mass is 484 g/mol. The first-order valence-electron chi connectivity index (χ1n) is 11.2. The van der Waals surface area contributed by atoms with Crippen LogP contribution >= 0.6 is 11.6 Å². The number of aryl methyl sites for hydroxylation is 1. The van der Waals surface area contributed by atoms with Crippen LogP contribution in [0.15, 0.2) is 41.1 Å². The maximum Gasteiger partial charge on any atom is 0.340 e. The molecule has 3 heterocycles. The second-order valence-electron chi connectivity index (χ2n) is 8.54. The largest absolute Gasteiger partial charge is 0.495 e. The zero-order valence-corrected chi connectivity index (χ0v) is 20.9. The Kier molecular flexibility index (Phi) is 6.86. The van der Waals surface area contributed by atoms with Crippen molar-refractivity contribution in [2.45, 2.75) is 39.7 Å². The van der Waals surface area contributed by atoms with E-state index in [2.05, 4.69) is 4.57 Å². The van der Waals surface area contributed by atoms with E-state index in [4.69, 9.17) is 25.8 Å². The van der Waals surface area contributed by atoms with E-state index in [0.29, 0.717) is 40.8 Å². The topological polar surface area (TPSA) is 70.0 Å². The van der Waals surface area contributed by atoms with Crippen molar-refractivity contribution in [2.75, 3.05) is 27.4 Å². The van der Waals surface area contributed by atoms with Gasteiger partial charge in [-0.1, -0.05) is 11.6 Å². The number of carbonyl (C=O) groups is 2. The van der Waals surface area contributed by atoms with Crippen LogP contribution in [0.3, 0.4) is 0 Å². The highest BCUT2D eigenvalue weighted by Crippen LogP contribution is 2.35. The number of halogens is 1. The lowest BCUT2D eigenvalue weighted by Gasteiger charge is -2.21. The second-order valence-corrected chi connectivity index (χ2v) is 8.95. The van der Waals surface area contributed by atoms with Crippen molar-refractivity contribution in [1.82, 2.24) is 9.47 Å². The summed E-state index contributed by atoms with van der Waals surface area (Å²) >= 11 is 6.35. The Morgan fingerprint density at radius 3 is 2.62 bits per heavy atom. The molecule has 4 rings (SSSR count). The standard InChI is InChI=1S/C26H29ClN2O5/c1-15-11-18(16(2)29(15)19-8-9-23(32-4)22(27)13-19)12-21-24(26(31)33-5)17(3)28(25(21)30)14-20-7-6-10-34-20/h8-9,11-13,20H,6-7,10,14H2,1-5H3/b21-12+.